The highest BCUT2D eigenvalue weighted by atomic mass is 127. The number of amides is 1. The van der Waals surface area contributed by atoms with Crippen LogP contribution in [0.15, 0.2) is 48.5 Å². The third-order valence-electron chi connectivity index (χ3n) is 2.79. The van der Waals surface area contributed by atoms with Gasteiger partial charge in [-0.1, -0.05) is 12.1 Å². The molecule has 0 aliphatic rings. The third kappa shape index (κ3) is 3.70. The molecular formula is C15H14INO2. The summed E-state index contributed by atoms with van der Waals surface area (Å²) in [5.74, 6) is 0.222. The van der Waals surface area contributed by atoms with Gasteiger partial charge in [-0.3, -0.25) is 4.79 Å². The minimum Gasteiger partial charge on any atom is -0.508 e. The summed E-state index contributed by atoms with van der Waals surface area (Å²) in [6.45, 7) is 0.519. The fraction of sp³-hybridized carbons (Fsp3) is 0.133. The zero-order valence-electron chi connectivity index (χ0n) is 10.5. The quantitative estimate of drug-likeness (QED) is 0.846. The van der Waals surface area contributed by atoms with Gasteiger partial charge < -0.3 is 10.0 Å². The van der Waals surface area contributed by atoms with Gasteiger partial charge in [-0.15, -0.1) is 0 Å². The SMILES string of the molecule is CN(Cc1ccc(O)cc1)C(=O)c1ccc(I)cc1. The first-order chi connectivity index (χ1) is 9.06. The van der Waals surface area contributed by atoms with Crippen molar-refractivity contribution in [3.05, 3.63) is 63.2 Å². The van der Waals surface area contributed by atoms with Gasteiger partial charge in [-0.25, -0.2) is 0 Å². The fourth-order valence-corrected chi connectivity index (χ4v) is 2.12. The number of hydrogen-bond acceptors (Lipinski definition) is 2. The van der Waals surface area contributed by atoms with Gasteiger partial charge in [0.05, 0.1) is 0 Å². The van der Waals surface area contributed by atoms with E-state index in [9.17, 15) is 9.90 Å². The summed E-state index contributed by atoms with van der Waals surface area (Å²) >= 11 is 2.21. The third-order valence-corrected chi connectivity index (χ3v) is 3.51. The summed E-state index contributed by atoms with van der Waals surface area (Å²) in [7, 11) is 1.77. The Kier molecular flexibility index (Phi) is 4.42. The van der Waals surface area contributed by atoms with Crippen molar-refractivity contribution < 1.29 is 9.90 Å². The second-order valence-electron chi connectivity index (χ2n) is 4.33. The van der Waals surface area contributed by atoms with E-state index < -0.39 is 0 Å². The number of carbonyl (C=O) groups excluding carboxylic acids is 1. The highest BCUT2D eigenvalue weighted by molar-refractivity contribution is 14.1. The van der Waals surface area contributed by atoms with Gasteiger partial charge in [0.1, 0.15) is 5.75 Å². The molecule has 0 atom stereocenters. The lowest BCUT2D eigenvalue weighted by molar-refractivity contribution is 0.0785. The van der Waals surface area contributed by atoms with E-state index in [1.807, 2.05) is 36.4 Å². The van der Waals surface area contributed by atoms with Crippen molar-refractivity contribution in [3.63, 3.8) is 0 Å². The van der Waals surface area contributed by atoms with Crippen molar-refractivity contribution in [2.45, 2.75) is 6.54 Å². The van der Waals surface area contributed by atoms with Crippen LogP contribution in [0.4, 0.5) is 0 Å². The molecule has 2 aromatic carbocycles. The van der Waals surface area contributed by atoms with E-state index in [1.54, 1.807) is 24.1 Å². The molecule has 0 fully saturated rings. The molecule has 0 radical (unpaired) electrons. The normalized spacial score (nSPS) is 10.2. The lowest BCUT2D eigenvalue weighted by Gasteiger charge is -2.17. The standard InChI is InChI=1S/C15H14INO2/c1-17(10-11-2-8-14(18)9-3-11)15(19)12-4-6-13(16)7-5-12/h2-9,18H,10H2,1H3. The first-order valence-electron chi connectivity index (χ1n) is 5.85. The topological polar surface area (TPSA) is 40.5 Å². The monoisotopic (exact) mass is 367 g/mol. The largest absolute Gasteiger partial charge is 0.508 e. The fourth-order valence-electron chi connectivity index (χ4n) is 1.76. The molecule has 2 aromatic rings. The molecule has 0 unspecified atom stereocenters. The molecule has 1 N–H and O–H groups in total. The summed E-state index contributed by atoms with van der Waals surface area (Å²) in [5, 5.41) is 9.22. The molecular weight excluding hydrogens is 353 g/mol. The molecule has 3 nitrogen and oxygen atoms in total. The zero-order chi connectivity index (χ0) is 13.8. The van der Waals surface area contributed by atoms with Crippen LogP contribution in [0.1, 0.15) is 15.9 Å². The molecule has 1 amide bonds. The van der Waals surface area contributed by atoms with Crippen LogP contribution in [0.5, 0.6) is 5.75 Å². The molecule has 4 heteroatoms. The van der Waals surface area contributed by atoms with E-state index in [-0.39, 0.29) is 11.7 Å². The zero-order valence-corrected chi connectivity index (χ0v) is 12.7. The Morgan fingerprint density at radius 3 is 2.26 bits per heavy atom. The van der Waals surface area contributed by atoms with Crippen LogP contribution in [0, 0.1) is 3.57 Å². The van der Waals surface area contributed by atoms with Crippen LogP contribution < -0.4 is 0 Å². The van der Waals surface area contributed by atoms with E-state index in [2.05, 4.69) is 22.6 Å². The van der Waals surface area contributed by atoms with Crippen LogP contribution in [-0.2, 0) is 6.54 Å². The van der Waals surface area contributed by atoms with Crippen LogP contribution >= 0.6 is 22.6 Å². The maximum Gasteiger partial charge on any atom is 0.253 e. The number of phenolic OH excluding ortho intramolecular Hbond substituents is 1. The highest BCUT2D eigenvalue weighted by Crippen LogP contribution is 2.13. The number of benzene rings is 2. The number of aromatic hydroxyl groups is 1. The molecule has 0 heterocycles. The van der Waals surface area contributed by atoms with Gasteiger partial charge in [0.25, 0.3) is 5.91 Å². The van der Waals surface area contributed by atoms with Crippen LogP contribution in [0.25, 0.3) is 0 Å². The van der Waals surface area contributed by atoms with Crippen molar-refractivity contribution in [1.29, 1.82) is 0 Å². The predicted octanol–water partition coefficient (Wildman–Crippen LogP) is 3.27. The van der Waals surface area contributed by atoms with Crippen molar-refractivity contribution in [2.75, 3.05) is 7.05 Å². The number of halogens is 1. The van der Waals surface area contributed by atoms with Gasteiger partial charge in [-0.2, -0.15) is 0 Å². The summed E-state index contributed by atoms with van der Waals surface area (Å²) in [5.41, 5.74) is 1.67. The average Bonchev–Trinajstić information content (AvgIpc) is 2.41. The Morgan fingerprint density at radius 1 is 1.11 bits per heavy atom. The van der Waals surface area contributed by atoms with E-state index >= 15 is 0 Å². The second-order valence-corrected chi connectivity index (χ2v) is 5.58. The van der Waals surface area contributed by atoms with E-state index in [0.29, 0.717) is 12.1 Å². The molecule has 0 saturated carbocycles. The van der Waals surface area contributed by atoms with Gasteiger partial charge >= 0.3 is 0 Å². The smallest absolute Gasteiger partial charge is 0.253 e. The summed E-state index contributed by atoms with van der Waals surface area (Å²) in [4.78, 5) is 13.9. The Balaban J connectivity index is 2.07. The molecule has 0 spiro atoms. The summed E-state index contributed by atoms with van der Waals surface area (Å²) in [6.07, 6.45) is 0. The number of rotatable bonds is 3. The van der Waals surface area contributed by atoms with Crippen LogP contribution in [0.3, 0.4) is 0 Å². The van der Waals surface area contributed by atoms with Gasteiger partial charge in [0, 0.05) is 22.7 Å². The van der Waals surface area contributed by atoms with E-state index in [1.165, 1.54) is 0 Å². The van der Waals surface area contributed by atoms with Gasteiger partial charge in [-0.05, 0) is 64.6 Å². The first-order valence-corrected chi connectivity index (χ1v) is 6.93. The maximum atomic E-state index is 12.2. The van der Waals surface area contributed by atoms with Crippen molar-refractivity contribution in [2.24, 2.45) is 0 Å². The molecule has 0 saturated heterocycles. The molecule has 0 aromatic heterocycles. The van der Waals surface area contributed by atoms with Gasteiger partial charge in [0.15, 0.2) is 0 Å². The molecule has 19 heavy (non-hydrogen) atoms. The number of hydrogen-bond donors (Lipinski definition) is 1. The molecule has 0 aliphatic heterocycles. The second kappa shape index (κ2) is 6.06. The van der Waals surface area contributed by atoms with E-state index in [0.717, 1.165) is 9.13 Å². The maximum absolute atomic E-state index is 12.2. The van der Waals surface area contributed by atoms with Crippen LogP contribution in [0.2, 0.25) is 0 Å². The first kappa shape index (κ1) is 13.9. The Morgan fingerprint density at radius 2 is 1.68 bits per heavy atom. The lowest BCUT2D eigenvalue weighted by atomic mass is 10.1. The van der Waals surface area contributed by atoms with Crippen LogP contribution in [-0.4, -0.2) is 23.0 Å². The van der Waals surface area contributed by atoms with E-state index in [4.69, 9.17) is 0 Å². The van der Waals surface area contributed by atoms with Crippen molar-refractivity contribution >= 4 is 28.5 Å². The summed E-state index contributed by atoms with van der Waals surface area (Å²) < 4.78 is 1.11. The number of nitrogens with zero attached hydrogens (tertiary/aromatic N) is 1. The molecule has 2 rings (SSSR count). The molecule has 0 aliphatic carbocycles. The molecule has 98 valence electrons. The minimum atomic E-state index is -0.00975. The van der Waals surface area contributed by atoms with Crippen molar-refractivity contribution in [1.82, 2.24) is 4.90 Å². The Hall–Kier alpha value is -1.56. The highest BCUT2D eigenvalue weighted by Gasteiger charge is 2.11. The summed E-state index contributed by atoms with van der Waals surface area (Å²) in [6, 6.07) is 14.4. The lowest BCUT2D eigenvalue weighted by Crippen LogP contribution is -2.26. The number of phenols is 1. The van der Waals surface area contributed by atoms with Crippen molar-refractivity contribution in [3.8, 4) is 5.75 Å². The average molecular weight is 367 g/mol. The minimum absolute atomic E-state index is 0.00975. The number of carbonyl (C=O) groups is 1. The Labute approximate surface area is 126 Å². The molecule has 0 bridgehead atoms. The van der Waals surface area contributed by atoms with Gasteiger partial charge in [0.2, 0.25) is 0 Å². The predicted molar refractivity (Wildman–Crippen MR) is 83.1 cm³/mol. The Bertz CT molecular complexity index is 564.